The molecule has 262 valence electrons. The average molecular weight is 729 g/mol. The Bertz CT molecular complexity index is 3390. The Kier molecular flexibility index (Phi) is 6.66. The van der Waals surface area contributed by atoms with Gasteiger partial charge in [0.05, 0.1) is 0 Å². The highest BCUT2D eigenvalue weighted by Gasteiger charge is 2.39. The van der Waals surface area contributed by atoms with Gasteiger partial charge in [0.15, 0.2) is 0 Å². The van der Waals surface area contributed by atoms with Crippen molar-refractivity contribution in [3.05, 3.63) is 193 Å². The monoisotopic (exact) mass is 728 g/mol. The van der Waals surface area contributed by atoms with Crippen LogP contribution in [-0.4, -0.2) is 0 Å². The fourth-order valence-corrected chi connectivity index (χ4v) is 11.4. The molecule has 56 heavy (non-hydrogen) atoms. The maximum absolute atomic E-state index is 2.52. The molecular weight excluding hydrogens is 693 g/mol. The van der Waals surface area contributed by atoms with E-state index >= 15 is 0 Å². The molecule has 10 aromatic carbocycles. The summed E-state index contributed by atoms with van der Waals surface area (Å²) in [6, 6.07) is 68.2. The summed E-state index contributed by atoms with van der Waals surface area (Å²) in [6.45, 7) is 4.85. The standard InChI is InChI=1S/C55H36S/c1-55(2)47-25-12-11-20-40(47)45-32-46-52-39-19-6-5-15-34(39)28-29-48(52)56-54(46)51(53(45)55)37-18-13-17-36(31-37)49-41-21-7-9-23-43(41)50(44-24-10-8-22-42(44)49)38-27-26-33-14-3-4-16-35(33)30-38/h3-32H,1-2H3. The molecule has 11 aromatic rings. The first-order chi connectivity index (χ1) is 27.5. The molecule has 1 heteroatoms. The Hall–Kier alpha value is -6.54. The maximum atomic E-state index is 2.52. The zero-order chi connectivity index (χ0) is 37.1. The van der Waals surface area contributed by atoms with Crippen LogP contribution in [-0.2, 0) is 5.41 Å². The number of rotatable bonds is 3. The Balaban J connectivity index is 1.16. The fourth-order valence-electron chi connectivity index (χ4n) is 10.1. The highest BCUT2D eigenvalue weighted by Crippen LogP contribution is 2.57. The van der Waals surface area contributed by atoms with Crippen LogP contribution in [0.2, 0.25) is 0 Å². The van der Waals surface area contributed by atoms with E-state index in [1.165, 1.54) is 119 Å². The van der Waals surface area contributed by atoms with Crippen molar-refractivity contribution in [1.29, 1.82) is 0 Å². The van der Waals surface area contributed by atoms with Crippen LogP contribution in [0.1, 0.15) is 25.0 Å². The zero-order valence-electron chi connectivity index (χ0n) is 31.2. The van der Waals surface area contributed by atoms with Crippen molar-refractivity contribution in [2.75, 3.05) is 0 Å². The van der Waals surface area contributed by atoms with E-state index in [4.69, 9.17) is 0 Å². The van der Waals surface area contributed by atoms with Gasteiger partial charge in [0.25, 0.3) is 0 Å². The minimum atomic E-state index is -0.162. The SMILES string of the molecule is CC1(C)c2ccccc2-c2cc3c(sc4ccc5ccccc5c43)c(-c3cccc(-c4c5ccccc5c(-c5ccc6ccccc6c5)c5ccccc45)c3)c21. The van der Waals surface area contributed by atoms with Gasteiger partial charge in [-0.25, -0.2) is 0 Å². The summed E-state index contributed by atoms with van der Waals surface area (Å²) < 4.78 is 2.71. The molecule has 0 unspecified atom stereocenters. The summed E-state index contributed by atoms with van der Waals surface area (Å²) in [7, 11) is 0. The van der Waals surface area contributed by atoms with E-state index in [1.807, 2.05) is 11.3 Å². The molecule has 0 nitrogen and oxygen atoms in total. The predicted molar refractivity (Wildman–Crippen MR) is 243 cm³/mol. The molecule has 0 saturated carbocycles. The molecular formula is C55H36S. The van der Waals surface area contributed by atoms with Crippen LogP contribution in [0.4, 0.5) is 0 Å². The van der Waals surface area contributed by atoms with E-state index in [-0.39, 0.29) is 5.41 Å². The highest BCUT2D eigenvalue weighted by molar-refractivity contribution is 7.26. The van der Waals surface area contributed by atoms with Crippen molar-refractivity contribution >= 4 is 74.6 Å². The molecule has 0 N–H and O–H groups in total. The summed E-state index contributed by atoms with van der Waals surface area (Å²) in [5.41, 5.74) is 13.1. The van der Waals surface area contributed by atoms with Gasteiger partial charge in [0.2, 0.25) is 0 Å². The molecule has 0 bridgehead atoms. The fraction of sp³-hybridized carbons (Fsp3) is 0.0545. The van der Waals surface area contributed by atoms with Crippen LogP contribution < -0.4 is 0 Å². The number of thiophene rings is 1. The van der Waals surface area contributed by atoms with E-state index in [2.05, 4.69) is 196 Å². The Morgan fingerprint density at radius 2 is 0.929 bits per heavy atom. The summed E-state index contributed by atoms with van der Waals surface area (Å²) in [5, 5.41) is 13.0. The van der Waals surface area contributed by atoms with Gasteiger partial charge in [-0.2, -0.15) is 0 Å². The van der Waals surface area contributed by atoms with E-state index in [9.17, 15) is 0 Å². The van der Waals surface area contributed by atoms with Crippen LogP contribution in [0.5, 0.6) is 0 Å². The molecule has 12 rings (SSSR count). The number of hydrogen-bond acceptors (Lipinski definition) is 1. The Morgan fingerprint density at radius 1 is 0.375 bits per heavy atom. The van der Waals surface area contributed by atoms with Gasteiger partial charge in [0, 0.05) is 31.2 Å². The molecule has 1 aliphatic carbocycles. The van der Waals surface area contributed by atoms with Crippen LogP contribution in [0, 0.1) is 0 Å². The molecule has 1 aromatic heterocycles. The maximum Gasteiger partial charge on any atom is 0.0437 e. The molecule has 0 amide bonds. The van der Waals surface area contributed by atoms with E-state index in [0.717, 1.165) is 0 Å². The second-order valence-electron chi connectivity index (χ2n) is 16.0. The van der Waals surface area contributed by atoms with Crippen LogP contribution in [0.3, 0.4) is 0 Å². The molecule has 1 aliphatic rings. The Morgan fingerprint density at radius 3 is 1.64 bits per heavy atom. The summed E-state index contributed by atoms with van der Waals surface area (Å²) in [6.07, 6.45) is 0. The number of fused-ring (bicyclic) bond motifs is 11. The lowest BCUT2D eigenvalue weighted by Gasteiger charge is -2.25. The van der Waals surface area contributed by atoms with Crippen molar-refractivity contribution in [3.8, 4) is 44.5 Å². The van der Waals surface area contributed by atoms with E-state index in [0.29, 0.717) is 0 Å². The van der Waals surface area contributed by atoms with Gasteiger partial charge in [-0.3, -0.25) is 0 Å². The minimum absolute atomic E-state index is 0.162. The average Bonchev–Trinajstić information content (AvgIpc) is 3.74. The first kappa shape index (κ1) is 31.8. The van der Waals surface area contributed by atoms with Gasteiger partial charge >= 0.3 is 0 Å². The second-order valence-corrected chi connectivity index (χ2v) is 17.0. The van der Waals surface area contributed by atoms with E-state index < -0.39 is 0 Å². The normalized spacial score (nSPS) is 13.3. The third kappa shape index (κ3) is 4.41. The number of benzene rings is 10. The minimum Gasteiger partial charge on any atom is -0.134 e. The van der Waals surface area contributed by atoms with Gasteiger partial charge in [-0.1, -0.05) is 172 Å². The van der Waals surface area contributed by atoms with Gasteiger partial charge in [-0.15, -0.1) is 11.3 Å². The van der Waals surface area contributed by atoms with Crippen molar-refractivity contribution < 1.29 is 0 Å². The van der Waals surface area contributed by atoms with Gasteiger partial charge < -0.3 is 0 Å². The second kappa shape index (κ2) is 11.7. The summed E-state index contributed by atoms with van der Waals surface area (Å²) in [5.74, 6) is 0. The lowest BCUT2D eigenvalue weighted by Crippen LogP contribution is -2.16. The van der Waals surface area contributed by atoms with Gasteiger partial charge in [0.1, 0.15) is 0 Å². The molecule has 0 aliphatic heterocycles. The van der Waals surface area contributed by atoms with Crippen molar-refractivity contribution in [3.63, 3.8) is 0 Å². The van der Waals surface area contributed by atoms with Crippen LogP contribution in [0.25, 0.3) is 108 Å². The van der Waals surface area contributed by atoms with Gasteiger partial charge in [-0.05, 0) is 117 Å². The lowest BCUT2D eigenvalue weighted by atomic mass is 9.78. The topological polar surface area (TPSA) is 0 Å². The lowest BCUT2D eigenvalue weighted by molar-refractivity contribution is 0.663. The summed E-state index contributed by atoms with van der Waals surface area (Å²) >= 11 is 1.95. The van der Waals surface area contributed by atoms with Crippen LogP contribution >= 0.6 is 11.3 Å². The predicted octanol–water partition coefficient (Wildman–Crippen LogP) is 16.0. The molecule has 0 fully saturated rings. The molecule has 1 heterocycles. The van der Waals surface area contributed by atoms with Crippen LogP contribution in [0.15, 0.2) is 182 Å². The largest absolute Gasteiger partial charge is 0.134 e. The third-order valence-corrected chi connectivity index (χ3v) is 13.8. The smallest absolute Gasteiger partial charge is 0.0437 e. The third-order valence-electron chi connectivity index (χ3n) is 12.6. The molecule has 0 spiro atoms. The molecule has 0 atom stereocenters. The number of hydrogen-bond donors (Lipinski definition) is 0. The molecule has 0 saturated heterocycles. The molecule has 0 radical (unpaired) electrons. The van der Waals surface area contributed by atoms with Crippen molar-refractivity contribution in [2.45, 2.75) is 19.3 Å². The quantitative estimate of drug-likeness (QED) is 0.159. The van der Waals surface area contributed by atoms with E-state index in [1.54, 1.807) is 0 Å². The highest BCUT2D eigenvalue weighted by atomic mass is 32.1. The first-order valence-corrected chi connectivity index (χ1v) is 20.4. The summed E-state index contributed by atoms with van der Waals surface area (Å²) in [4.78, 5) is 0. The van der Waals surface area contributed by atoms with Crippen molar-refractivity contribution in [1.82, 2.24) is 0 Å². The van der Waals surface area contributed by atoms with Crippen molar-refractivity contribution in [2.24, 2.45) is 0 Å². The Labute approximate surface area is 329 Å². The zero-order valence-corrected chi connectivity index (χ0v) is 32.0. The first-order valence-electron chi connectivity index (χ1n) is 19.6.